The summed E-state index contributed by atoms with van der Waals surface area (Å²) in [5.74, 6) is 1.73. The van der Waals surface area contributed by atoms with E-state index >= 15 is 0 Å². The van der Waals surface area contributed by atoms with E-state index < -0.39 is 6.10 Å². The molecule has 25 heavy (non-hydrogen) atoms. The van der Waals surface area contributed by atoms with Crippen molar-refractivity contribution in [3.63, 3.8) is 0 Å². The number of amides is 1. The van der Waals surface area contributed by atoms with Crippen molar-refractivity contribution in [2.75, 3.05) is 14.2 Å². The zero-order valence-electron chi connectivity index (χ0n) is 15.1. The highest BCUT2D eigenvalue weighted by Gasteiger charge is 2.23. The predicted octanol–water partition coefficient (Wildman–Crippen LogP) is 3.74. The summed E-state index contributed by atoms with van der Waals surface area (Å²) in [6.07, 6.45) is -0.0591. The molecule has 5 nitrogen and oxygen atoms in total. The Kier molecular flexibility index (Phi) is 6.69. The zero-order valence-corrected chi connectivity index (χ0v) is 15.1. The number of carbonyl (C=O) groups is 1. The third-order valence-corrected chi connectivity index (χ3v) is 3.97. The van der Waals surface area contributed by atoms with Crippen molar-refractivity contribution in [1.29, 1.82) is 0 Å². The first-order valence-corrected chi connectivity index (χ1v) is 8.33. The van der Waals surface area contributed by atoms with Gasteiger partial charge in [-0.1, -0.05) is 37.3 Å². The van der Waals surface area contributed by atoms with Gasteiger partial charge in [-0.2, -0.15) is 0 Å². The minimum Gasteiger partial charge on any atom is -0.496 e. The third-order valence-electron chi connectivity index (χ3n) is 3.97. The second kappa shape index (κ2) is 8.97. The smallest absolute Gasteiger partial charge is 0.261 e. The molecular formula is C20H25NO4. The Morgan fingerprint density at radius 2 is 1.52 bits per heavy atom. The van der Waals surface area contributed by atoms with Crippen LogP contribution in [0.3, 0.4) is 0 Å². The van der Waals surface area contributed by atoms with Crippen LogP contribution in [0, 0.1) is 0 Å². The van der Waals surface area contributed by atoms with E-state index in [0.29, 0.717) is 17.9 Å². The largest absolute Gasteiger partial charge is 0.496 e. The molecule has 0 aromatic heterocycles. The number of rotatable bonds is 8. The molecule has 134 valence electrons. The standard InChI is InChI=1S/C20H25NO4/c1-5-16(25-19-13-9-8-12-18(19)24-4)20(22)21-14(2)15-10-6-7-11-17(15)23-3/h6-14,16H,5H2,1-4H3,(H,21,22)/t14-,16+/m0/s1. The number of hydrogen-bond acceptors (Lipinski definition) is 4. The molecule has 0 heterocycles. The van der Waals surface area contributed by atoms with E-state index in [0.717, 1.165) is 11.3 Å². The van der Waals surface area contributed by atoms with Gasteiger partial charge in [0.25, 0.3) is 5.91 Å². The van der Waals surface area contributed by atoms with Crippen LogP contribution in [0.2, 0.25) is 0 Å². The fourth-order valence-corrected chi connectivity index (χ4v) is 2.60. The number of hydrogen-bond donors (Lipinski definition) is 1. The molecule has 0 saturated heterocycles. The summed E-state index contributed by atoms with van der Waals surface area (Å²) in [5.41, 5.74) is 0.922. The van der Waals surface area contributed by atoms with Crippen LogP contribution in [0.15, 0.2) is 48.5 Å². The monoisotopic (exact) mass is 343 g/mol. The Balaban J connectivity index is 2.09. The SMILES string of the molecule is CC[C@@H](Oc1ccccc1OC)C(=O)N[C@@H](C)c1ccccc1OC. The van der Waals surface area contributed by atoms with Gasteiger partial charge in [0, 0.05) is 5.56 Å². The maximum atomic E-state index is 12.6. The van der Waals surface area contributed by atoms with Gasteiger partial charge in [-0.05, 0) is 31.5 Å². The maximum Gasteiger partial charge on any atom is 0.261 e. The number of ether oxygens (including phenoxy) is 3. The lowest BCUT2D eigenvalue weighted by molar-refractivity contribution is -0.128. The van der Waals surface area contributed by atoms with Gasteiger partial charge in [0.05, 0.1) is 20.3 Å². The van der Waals surface area contributed by atoms with Crippen LogP contribution in [0.5, 0.6) is 17.2 Å². The molecule has 0 saturated carbocycles. The molecule has 1 amide bonds. The molecule has 0 spiro atoms. The zero-order chi connectivity index (χ0) is 18.2. The molecule has 0 bridgehead atoms. The first-order valence-electron chi connectivity index (χ1n) is 8.33. The van der Waals surface area contributed by atoms with E-state index in [-0.39, 0.29) is 11.9 Å². The average Bonchev–Trinajstić information content (AvgIpc) is 2.66. The Labute approximate surface area is 148 Å². The molecule has 0 aliphatic carbocycles. The molecule has 0 fully saturated rings. The van der Waals surface area contributed by atoms with E-state index in [1.807, 2.05) is 50.2 Å². The van der Waals surface area contributed by atoms with Gasteiger partial charge >= 0.3 is 0 Å². The number of methoxy groups -OCH3 is 2. The third kappa shape index (κ3) is 4.66. The predicted molar refractivity (Wildman–Crippen MR) is 97.3 cm³/mol. The highest BCUT2D eigenvalue weighted by atomic mass is 16.5. The second-order valence-electron chi connectivity index (χ2n) is 5.64. The Bertz CT molecular complexity index is 702. The molecule has 0 aliphatic rings. The fourth-order valence-electron chi connectivity index (χ4n) is 2.60. The van der Waals surface area contributed by atoms with Gasteiger partial charge in [0.15, 0.2) is 17.6 Å². The molecule has 1 N–H and O–H groups in total. The first-order chi connectivity index (χ1) is 12.1. The number of nitrogens with one attached hydrogen (secondary N) is 1. The van der Waals surface area contributed by atoms with Crippen LogP contribution in [-0.4, -0.2) is 26.2 Å². The summed E-state index contributed by atoms with van der Waals surface area (Å²) < 4.78 is 16.5. The van der Waals surface area contributed by atoms with E-state index in [9.17, 15) is 4.79 Å². The minimum absolute atomic E-state index is 0.174. The first kappa shape index (κ1) is 18.6. The molecule has 5 heteroatoms. The normalized spacial score (nSPS) is 12.8. The van der Waals surface area contributed by atoms with Crippen LogP contribution in [0.1, 0.15) is 31.9 Å². The van der Waals surface area contributed by atoms with Gasteiger partial charge in [0.2, 0.25) is 0 Å². The topological polar surface area (TPSA) is 56.8 Å². The highest BCUT2D eigenvalue weighted by Crippen LogP contribution is 2.28. The van der Waals surface area contributed by atoms with E-state index in [1.165, 1.54) is 0 Å². The average molecular weight is 343 g/mol. The van der Waals surface area contributed by atoms with Gasteiger partial charge in [-0.25, -0.2) is 0 Å². The lowest BCUT2D eigenvalue weighted by atomic mass is 10.1. The summed E-state index contributed by atoms with van der Waals surface area (Å²) in [6, 6.07) is 14.7. The van der Waals surface area contributed by atoms with Gasteiger partial charge < -0.3 is 19.5 Å². The van der Waals surface area contributed by atoms with E-state index in [4.69, 9.17) is 14.2 Å². The molecule has 2 rings (SSSR count). The Morgan fingerprint density at radius 1 is 0.960 bits per heavy atom. The molecule has 0 radical (unpaired) electrons. The highest BCUT2D eigenvalue weighted by molar-refractivity contribution is 5.81. The van der Waals surface area contributed by atoms with Crippen molar-refractivity contribution in [2.45, 2.75) is 32.4 Å². The Hall–Kier alpha value is -2.69. The van der Waals surface area contributed by atoms with Crippen LogP contribution >= 0.6 is 0 Å². The number of para-hydroxylation sites is 3. The molecule has 2 aromatic rings. The van der Waals surface area contributed by atoms with E-state index in [1.54, 1.807) is 26.4 Å². The summed E-state index contributed by atoms with van der Waals surface area (Å²) >= 11 is 0. The van der Waals surface area contributed by atoms with Gasteiger partial charge in [-0.3, -0.25) is 4.79 Å². The van der Waals surface area contributed by atoms with Crippen molar-refractivity contribution in [3.05, 3.63) is 54.1 Å². The van der Waals surface area contributed by atoms with Gasteiger partial charge in [-0.15, -0.1) is 0 Å². The van der Waals surface area contributed by atoms with Crippen molar-refractivity contribution >= 4 is 5.91 Å². The van der Waals surface area contributed by atoms with Crippen molar-refractivity contribution in [2.24, 2.45) is 0 Å². The van der Waals surface area contributed by atoms with Crippen molar-refractivity contribution in [3.8, 4) is 17.2 Å². The second-order valence-corrected chi connectivity index (χ2v) is 5.64. The van der Waals surface area contributed by atoms with Crippen molar-refractivity contribution in [1.82, 2.24) is 5.32 Å². The molecule has 2 aromatic carbocycles. The maximum absolute atomic E-state index is 12.6. The fraction of sp³-hybridized carbons (Fsp3) is 0.350. The summed E-state index contributed by atoms with van der Waals surface area (Å²) in [7, 11) is 3.19. The number of benzene rings is 2. The quantitative estimate of drug-likeness (QED) is 0.793. The van der Waals surface area contributed by atoms with Crippen LogP contribution in [0.4, 0.5) is 0 Å². The van der Waals surface area contributed by atoms with E-state index in [2.05, 4.69) is 5.32 Å². The molecule has 2 atom stereocenters. The van der Waals surface area contributed by atoms with Crippen LogP contribution in [-0.2, 0) is 4.79 Å². The lowest BCUT2D eigenvalue weighted by Crippen LogP contribution is -2.39. The van der Waals surface area contributed by atoms with Crippen LogP contribution < -0.4 is 19.5 Å². The molecular weight excluding hydrogens is 318 g/mol. The van der Waals surface area contributed by atoms with Crippen LogP contribution in [0.25, 0.3) is 0 Å². The summed E-state index contributed by atoms with van der Waals surface area (Å²) in [6.45, 7) is 3.83. The Morgan fingerprint density at radius 3 is 2.12 bits per heavy atom. The van der Waals surface area contributed by atoms with Gasteiger partial charge in [0.1, 0.15) is 5.75 Å². The molecule has 0 aliphatic heterocycles. The molecule has 0 unspecified atom stereocenters. The summed E-state index contributed by atoms with van der Waals surface area (Å²) in [5, 5.41) is 2.99. The summed E-state index contributed by atoms with van der Waals surface area (Å²) in [4.78, 5) is 12.6. The minimum atomic E-state index is -0.603. The lowest BCUT2D eigenvalue weighted by Gasteiger charge is -2.22. The number of carbonyl (C=O) groups excluding carboxylic acids is 1. The van der Waals surface area contributed by atoms with Crippen molar-refractivity contribution < 1.29 is 19.0 Å².